The molecule has 0 aliphatic carbocycles. The number of amides is 2. The van der Waals surface area contributed by atoms with Gasteiger partial charge in [-0.25, -0.2) is 4.98 Å². The van der Waals surface area contributed by atoms with Gasteiger partial charge in [-0.1, -0.05) is 0 Å². The van der Waals surface area contributed by atoms with Crippen LogP contribution in [0, 0.1) is 0 Å². The molecule has 0 aliphatic rings. The molecule has 2 amide bonds. The number of hydrogen-bond acceptors (Lipinski definition) is 5. The third-order valence-corrected chi connectivity index (χ3v) is 4.08. The Hall–Kier alpha value is -1.47. The molecule has 1 aromatic rings. The number of carbonyl (C=O) groups excluding carboxylic acids is 2. The Morgan fingerprint density at radius 2 is 1.90 bits per heavy atom. The highest BCUT2D eigenvalue weighted by atomic mass is 32.1. The molecule has 0 bridgehead atoms. The molecule has 0 unspecified atom stereocenters. The summed E-state index contributed by atoms with van der Waals surface area (Å²) in [6.07, 6.45) is 0. The molecule has 1 heterocycles. The molecule has 6 nitrogen and oxygen atoms in total. The van der Waals surface area contributed by atoms with E-state index in [-0.39, 0.29) is 11.8 Å². The standard InChI is InChI=1S/C14H24N4O2S/c1-5-17(6-2)13(20)9-15-8-12-10-21-14(16-12)18(7-3)11(4)19/h10,15H,5-9H2,1-4H3. The van der Waals surface area contributed by atoms with E-state index >= 15 is 0 Å². The van der Waals surface area contributed by atoms with Crippen LogP contribution in [0.25, 0.3) is 0 Å². The number of hydrogen-bond donors (Lipinski definition) is 1. The summed E-state index contributed by atoms with van der Waals surface area (Å²) in [5.41, 5.74) is 0.849. The lowest BCUT2D eigenvalue weighted by atomic mass is 10.4. The minimum atomic E-state index is -0.0110. The third kappa shape index (κ3) is 5.09. The van der Waals surface area contributed by atoms with Crippen LogP contribution in [0.5, 0.6) is 0 Å². The van der Waals surface area contributed by atoms with Crippen LogP contribution in [-0.2, 0) is 16.1 Å². The molecular weight excluding hydrogens is 288 g/mol. The summed E-state index contributed by atoms with van der Waals surface area (Å²) >= 11 is 1.44. The SMILES string of the molecule is CCN(CC)C(=O)CNCc1csc(N(CC)C(C)=O)n1. The number of thiazole rings is 1. The summed E-state index contributed by atoms with van der Waals surface area (Å²) in [5.74, 6) is 0.0810. The van der Waals surface area contributed by atoms with Gasteiger partial charge in [0.15, 0.2) is 5.13 Å². The van der Waals surface area contributed by atoms with Crippen molar-refractivity contribution in [2.45, 2.75) is 34.2 Å². The Kier molecular flexibility index (Phi) is 7.31. The van der Waals surface area contributed by atoms with Gasteiger partial charge >= 0.3 is 0 Å². The van der Waals surface area contributed by atoms with Gasteiger partial charge in [0, 0.05) is 38.5 Å². The van der Waals surface area contributed by atoms with Crippen molar-refractivity contribution in [2.24, 2.45) is 0 Å². The fourth-order valence-electron chi connectivity index (χ4n) is 1.98. The maximum atomic E-state index is 11.8. The summed E-state index contributed by atoms with van der Waals surface area (Å²) in [6, 6.07) is 0. The first kappa shape index (κ1) is 17.6. The van der Waals surface area contributed by atoms with Crippen molar-refractivity contribution >= 4 is 28.3 Å². The number of aromatic nitrogens is 1. The average molecular weight is 312 g/mol. The predicted molar refractivity (Wildman–Crippen MR) is 85.4 cm³/mol. The minimum absolute atomic E-state index is 0.0110. The van der Waals surface area contributed by atoms with Gasteiger partial charge in [0.25, 0.3) is 0 Å². The van der Waals surface area contributed by atoms with Gasteiger partial charge in [-0.15, -0.1) is 11.3 Å². The largest absolute Gasteiger partial charge is 0.342 e. The molecule has 1 aromatic heterocycles. The zero-order valence-electron chi connectivity index (χ0n) is 13.2. The van der Waals surface area contributed by atoms with Crippen LogP contribution >= 0.6 is 11.3 Å². The van der Waals surface area contributed by atoms with Gasteiger partial charge in [-0.2, -0.15) is 0 Å². The average Bonchev–Trinajstić information content (AvgIpc) is 2.89. The van der Waals surface area contributed by atoms with E-state index in [9.17, 15) is 9.59 Å². The van der Waals surface area contributed by atoms with Gasteiger partial charge in [-0.3, -0.25) is 14.5 Å². The lowest BCUT2D eigenvalue weighted by molar-refractivity contribution is -0.129. The van der Waals surface area contributed by atoms with Crippen LogP contribution in [0.3, 0.4) is 0 Å². The second kappa shape index (κ2) is 8.74. The maximum absolute atomic E-state index is 11.8. The number of nitrogens with zero attached hydrogens (tertiary/aromatic N) is 3. The number of anilines is 1. The van der Waals surface area contributed by atoms with E-state index < -0.39 is 0 Å². The molecule has 0 fully saturated rings. The molecule has 0 saturated carbocycles. The number of nitrogens with one attached hydrogen (secondary N) is 1. The van der Waals surface area contributed by atoms with Crippen molar-refractivity contribution in [1.29, 1.82) is 0 Å². The first-order valence-corrected chi connectivity index (χ1v) is 8.12. The highest BCUT2D eigenvalue weighted by Crippen LogP contribution is 2.20. The molecule has 21 heavy (non-hydrogen) atoms. The van der Waals surface area contributed by atoms with Crippen molar-refractivity contribution in [3.05, 3.63) is 11.1 Å². The predicted octanol–water partition coefficient (Wildman–Crippen LogP) is 1.47. The van der Waals surface area contributed by atoms with Crippen molar-refractivity contribution in [1.82, 2.24) is 15.2 Å². The maximum Gasteiger partial charge on any atom is 0.236 e. The van der Waals surface area contributed by atoms with Crippen LogP contribution in [0.2, 0.25) is 0 Å². The Morgan fingerprint density at radius 3 is 2.43 bits per heavy atom. The monoisotopic (exact) mass is 312 g/mol. The minimum Gasteiger partial charge on any atom is -0.342 e. The molecular formula is C14H24N4O2S. The van der Waals surface area contributed by atoms with E-state index in [4.69, 9.17) is 0 Å². The van der Waals surface area contributed by atoms with Crippen molar-refractivity contribution < 1.29 is 9.59 Å². The Bertz CT molecular complexity index is 471. The van der Waals surface area contributed by atoms with Gasteiger partial charge in [0.1, 0.15) is 0 Å². The van der Waals surface area contributed by atoms with Crippen molar-refractivity contribution in [3.63, 3.8) is 0 Å². The van der Waals surface area contributed by atoms with Crippen LogP contribution in [0.15, 0.2) is 5.38 Å². The smallest absolute Gasteiger partial charge is 0.236 e. The van der Waals surface area contributed by atoms with Gasteiger partial charge < -0.3 is 10.2 Å². The number of rotatable bonds is 8. The summed E-state index contributed by atoms with van der Waals surface area (Å²) in [5, 5.41) is 5.72. The quantitative estimate of drug-likeness (QED) is 0.789. The lowest BCUT2D eigenvalue weighted by Gasteiger charge is -2.18. The van der Waals surface area contributed by atoms with Gasteiger partial charge in [-0.05, 0) is 20.8 Å². The van der Waals surface area contributed by atoms with E-state index in [0.29, 0.717) is 24.8 Å². The molecule has 0 atom stereocenters. The van der Waals surface area contributed by atoms with Crippen molar-refractivity contribution in [2.75, 3.05) is 31.1 Å². The third-order valence-electron chi connectivity index (χ3n) is 3.17. The number of likely N-dealkylation sites (N-methyl/N-ethyl adjacent to an activating group) is 1. The molecule has 0 aromatic carbocycles. The molecule has 118 valence electrons. The van der Waals surface area contributed by atoms with E-state index in [1.54, 1.807) is 9.80 Å². The highest BCUT2D eigenvalue weighted by Gasteiger charge is 2.14. The Balaban J connectivity index is 2.49. The van der Waals surface area contributed by atoms with E-state index in [2.05, 4.69) is 10.3 Å². The Labute approximate surface area is 130 Å². The molecule has 0 spiro atoms. The molecule has 7 heteroatoms. The van der Waals surface area contributed by atoms with Crippen LogP contribution in [0.1, 0.15) is 33.4 Å². The second-order valence-electron chi connectivity index (χ2n) is 4.55. The summed E-state index contributed by atoms with van der Waals surface area (Å²) in [6.45, 7) is 10.3. The molecule has 0 aliphatic heterocycles. The molecule has 1 N–H and O–H groups in total. The van der Waals surface area contributed by atoms with Gasteiger partial charge in [0.05, 0.1) is 12.2 Å². The van der Waals surface area contributed by atoms with Crippen LogP contribution in [-0.4, -0.2) is 47.9 Å². The highest BCUT2D eigenvalue weighted by molar-refractivity contribution is 7.14. The van der Waals surface area contributed by atoms with Crippen LogP contribution in [0.4, 0.5) is 5.13 Å². The number of carbonyl (C=O) groups is 2. The van der Waals surface area contributed by atoms with E-state index in [1.807, 2.05) is 26.2 Å². The van der Waals surface area contributed by atoms with Gasteiger partial charge in [0.2, 0.25) is 11.8 Å². The fraction of sp³-hybridized carbons (Fsp3) is 0.643. The lowest BCUT2D eigenvalue weighted by Crippen LogP contribution is -2.37. The fourth-order valence-corrected chi connectivity index (χ4v) is 2.91. The summed E-state index contributed by atoms with van der Waals surface area (Å²) < 4.78 is 0. The van der Waals surface area contributed by atoms with Crippen molar-refractivity contribution in [3.8, 4) is 0 Å². The first-order valence-electron chi connectivity index (χ1n) is 7.24. The molecule has 1 rings (SSSR count). The molecule has 0 saturated heterocycles. The zero-order valence-corrected chi connectivity index (χ0v) is 14.0. The van der Waals surface area contributed by atoms with E-state index in [0.717, 1.165) is 18.8 Å². The molecule has 0 radical (unpaired) electrons. The summed E-state index contributed by atoms with van der Waals surface area (Å²) in [7, 11) is 0. The topological polar surface area (TPSA) is 65.5 Å². The summed E-state index contributed by atoms with van der Waals surface area (Å²) in [4.78, 5) is 31.1. The first-order chi connectivity index (χ1) is 10.0. The Morgan fingerprint density at radius 1 is 1.24 bits per heavy atom. The second-order valence-corrected chi connectivity index (χ2v) is 5.39. The zero-order chi connectivity index (χ0) is 15.8. The van der Waals surface area contributed by atoms with Crippen LogP contribution < -0.4 is 10.2 Å². The normalized spacial score (nSPS) is 10.5. The van der Waals surface area contributed by atoms with E-state index in [1.165, 1.54) is 18.3 Å².